The molecular weight excluding hydrogens is 313 g/mol. The maximum absolute atomic E-state index is 13.8. The topological polar surface area (TPSA) is 47.6 Å². The zero-order valence-corrected chi connectivity index (χ0v) is 10.8. The van der Waals surface area contributed by atoms with Gasteiger partial charge in [0, 0.05) is 10.0 Å². The van der Waals surface area contributed by atoms with Crippen LogP contribution in [-0.4, -0.2) is 25.5 Å². The van der Waals surface area contributed by atoms with Crippen molar-refractivity contribution in [2.75, 3.05) is 13.2 Å². The minimum Gasteiger partial charge on any atom is -0.385 e. The summed E-state index contributed by atoms with van der Waals surface area (Å²) in [4.78, 5) is 3.74. The van der Waals surface area contributed by atoms with E-state index in [1.165, 1.54) is 12.1 Å². The van der Waals surface area contributed by atoms with E-state index in [4.69, 9.17) is 10.5 Å². The fraction of sp³-hybridized carbons (Fsp3) is 0.364. The fourth-order valence-electron chi connectivity index (χ4n) is 1.83. The molecule has 2 rings (SSSR count). The lowest BCUT2D eigenvalue weighted by Gasteiger charge is -2.33. The Hall–Kier alpha value is -1.08. The molecule has 0 radical (unpaired) electrons. The van der Waals surface area contributed by atoms with Gasteiger partial charge in [-0.05, 0) is 18.2 Å². The fourth-order valence-corrected chi connectivity index (χ4v) is 2.19. The Kier molecular flexibility index (Phi) is 3.63. The van der Waals surface area contributed by atoms with E-state index in [1.54, 1.807) is 0 Å². The number of benzene rings is 1. The Morgan fingerprint density at radius 2 is 2.17 bits per heavy atom. The van der Waals surface area contributed by atoms with Crippen molar-refractivity contribution in [2.24, 2.45) is 10.7 Å². The van der Waals surface area contributed by atoms with Crippen molar-refractivity contribution in [1.82, 2.24) is 0 Å². The van der Waals surface area contributed by atoms with E-state index in [9.17, 15) is 13.2 Å². The molecule has 2 N–H and O–H groups in total. The van der Waals surface area contributed by atoms with E-state index in [2.05, 4.69) is 20.9 Å². The minimum atomic E-state index is -2.92. The first-order valence-corrected chi connectivity index (χ1v) is 5.90. The highest BCUT2D eigenvalue weighted by molar-refractivity contribution is 9.10. The number of alkyl halides is 2. The summed E-state index contributed by atoms with van der Waals surface area (Å²) in [5.41, 5.74) is 3.13. The number of aliphatic imine (C=N–C) groups is 1. The van der Waals surface area contributed by atoms with Gasteiger partial charge in [-0.25, -0.2) is 13.2 Å². The molecule has 1 aromatic carbocycles. The van der Waals surface area contributed by atoms with Gasteiger partial charge in [0.15, 0.2) is 5.54 Å². The van der Waals surface area contributed by atoms with Crippen LogP contribution in [0.1, 0.15) is 5.56 Å². The van der Waals surface area contributed by atoms with Crippen LogP contribution >= 0.6 is 15.9 Å². The Bertz CT molecular complexity index is 495. The first-order valence-electron chi connectivity index (χ1n) is 5.11. The number of rotatable bonds is 2. The number of nitrogens with two attached hydrogens (primary N) is 1. The largest absolute Gasteiger partial charge is 0.385 e. The highest BCUT2D eigenvalue weighted by atomic mass is 79.9. The van der Waals surface area contributed by atoms with Crippen molar-refractivity contribution < 1.29 is 17.9 Å². The first-order chi connectivity index (χ1) is 8.45. The molecule has 0 saturated carbocycles. The zero-order chi connectivity index (χ0) is 13.3. The van der Waals surface area contributed by atoms with Crippen molar-refractivity contribution in [3.05, 3.63) is 34.1 Å². The molecule has 98 valence electrons. The second-order valence-electron chi connectivity index (χ2n) is 3.95. The number of amidine groups is 1. The van der Waals surface area contributed by atoms with Crippen molar-refractivity contribution in [1.29, 1.82) is 0 Å². The van der Waals surface area contributed by atoms with E-state index in [0.29, 0.717) is 4.47 Å². The summed E-state index contributed by atoms with van der Waals surface area (Å²) in [6, 6.07) is 3.80. The van der Waals surface area contributed by atoms with Crippen LogP contribution in [-0.2, 0) is 10.3 Å². The van der Waals surface area contributed by atoms with Gasteiger partial charge in [0.1, 0.15) is 18.3 Å². The Labute approximate surface area is 110 Å². The van der Waals surface area contributed by atoms with Gasteiger partial charge in [-0.3, -0.25) is 4.99 Å². The third-order valence-corrected chi connectivity index (χ3v) is 3.16. The molecular formula is C11H10BrF3N2O. The van der Waals surface area contributed by atoms with Crippen LogP contribution in [0.25, 0.3) is 0 Å². The predicted octanol–water partition coefficient (Wildman–Crippen LogP) is 2.44. The van der Waals surface area contributed by atoms with E-state index >= 15 is 0 Å². The molecule has 0 spiro atoms. The number of ether oxygens (including phenoxy) is 1. The molecule has 0 aromatic heterocycles. The van der Waals surface area contributed by atoms with Crippen LogP contribution < -0.4 is 5.73 Å². The van der Waals surface area contributed by atoms with Crippen molar-refractivity contribution in [3.63, 3.8) is 0 Å². The zero-order valence-electron chi connectivity index (χ0n) is 9.17. The van der Waals surface area contributed by atoms with Crippen molar-refractivity contribution in [3.8, 4) is 0 Å². The second-order valence-corrected chi connectivity index (χ2v) is 4.86. The molecule has 1 aromatic rings. The van der Waals surface area contributed by atoms with Gasteiger partial charge in [0.25, 0.3) is 6.43 Å². The number of nitrogens with zero attached hydrogens (tertiary/aromatic N) is 1. The molecule has 1 heterocycles. The number of hydrogen-bond acceptors (Lipinski definition) is 3. The van der Waals surface area contributed by atoms with Gasteiger partial charge < -0.3 is 10.5 Å². The van der Waals surface area contributed by atoms with E-state index in [-0.39, 0.29) is 18.0 Å². The molecule has 1 atom stereocenters. The molecule has 18 heavy (non-hydrogen) atoms. The molecule has 7 heteroatoms. The molecule has 3 nitrogen and oxygen atoms in total. The van der Waals surface area contributed by atoms with Crippen LogP contribution in [0, 0.1) is 5.82 Å². The maximum atomic E-state index is 13.8. The average molecular weight is 323 g/mol. The normalized spacial score (nSPS) is 24.2. The summed E-state index contributed by atoms with van der Waals surface area (Å²) >= 11 is 3.12. The maximum Gasteiger partial charge on any atom is 0.269 e. The summed E-state index contributed by atoms with van der Waals surface area (Å²) in [6.07, 6.45) is -2.92. The lowest BCUT2D eigenvalue weighted by molar-refractivity contribution is -0.0146. The van der Waals surface area contributed by atoms with Gasteiger partial charge in [-0.2, -0.15) is 0 Å². The summed E-state index contributed by atoms with van der Waals surface area (Å²) < 4.78 is 45.9. The van der Waals surface area contributed by atoms with Gasteiger partial charge in [-0.15, -0.1) is 0 Å². The molecule has 0 unspecified atom stereocenters. The Balaban J connectivity index is 2.61. The van der Waals surface area contributed by atoms with E-state index < -0.39 is 24.4 Å². The van der Waals surface area contributed by atoms with E-state index in [1.807, 2.05) is 0 Å². The van der Waals surface area contributed by atoms with Gasteiger partial charge >= 0.3 is 0 Å². The van der Waals surface area contributed by atoms with Crippen LogP contribution in [0.15, 0.2) is 27.7 Å². The van der Waals surface area contributed by atoms with Gasteiger partial charge in [0.2, 0.25) is 0 Å². The summed E-state index contributed by atoms with van der Waals surface area (Å²) in [7, 11) is 0. The van der Waals surface area contributed by atoms with Gasteiger partial charge in [-0.1, -0.05) is 15.9 Å². The smallest absolute Gasteiger partial charge is 0.269 e. The monoisotopic (exact) mass is 322 g/mol. The molecule has 1 aliphatic rings. The predicted molar refractivity (Wildman–Crippen MR) is 64.2 cm³/mol. The molecule has 0 saturated heterocycles. The molecule has 0 aliphatic carbocycles. The van der Waals surface area contributed by atoms with Crippen LogP contribution in [0.3, 0.4) is 0 Å². The van der Waals surface area contributed by atoms with Crippen molar-refractivity contribution in [2.45, 2.75) is 12.0 Å². The summed E-state index contributed by atoms with van der Waals surface area (Å²) in [5, 5.41) is 0. The molecule has 0 amide bonds. The third kappa shape index (κ3) is 2.24. The van der Waals surface area contributed by atoms with Crippen molar-refractivity contribution >= 4 is 21.8 Å². The molecule has 0 bridgehead atoms. The quantitative estimate of drug-likeness (QED) is 0.909. The van der Waals surface area contributed by atoms with Crippen LogP contribution in [0.2, 0.25) is 0 Å². The minimum absolute atomic E-state index is 0.0237. The third-order valence-electron chi connectivity index (χ3n) is 2.67. The number of hydrogen-bond donors (Lipinski definition) is 1. The van der Waals surface area contributed by atoms with Crippen LogP contribution in [0.5, 0.6) is 0 Å². The Morgan fingerprint density at radius 1 is 1.44 bits per heavy atom. The highest BCUT2D eigenvalue weighted by Crippen LogP contribution is 2.37. The summed E-state index contributed by atoms with van der Waals surface area (Å²) in [6.45, 7) is -0.428. The highest BCUT2D eigenvalue weighted by Gasteiger charge is 2.46. The average Bonchev–Trinajstić information content (AvgIpc) is 2.32. The summed E-state index contributed by atoms with van der Waals surface area (Å²) in [5.74, 6) is -0.832. The SMILES string of the molecule is NC1=N[C@](c2cc(Br)ccc2F)(C(F)F)COC1. The second kappa shape index (κ2) is 4.89. The van der Waals surface area contributed by atoms with E-state index in [0.717, 1.165) is 6.07 Å². The number of halogens is 4. The lowest BCUT2D eigenvalue weighted by atomic mass is 9.90. The molecule has 1 aliphatic heterocycles. The van der Waals surface area contributed by atoms with Gasteiger partial charge in [0.05, 0.1) is 6.61 Å². The Morgan fingerprint density at radius 3 is 2.78 bits per heavy atom. The lowest BCUT2D eigenvalue weighted by Crippen LogP contribution is -2.45. The van der Waals surface area contributed by atoms with Crippen LogP contribution in [0.4, 0.5) is 13.2 Å². The first kappa shape index (κ1) is 13.4. The standard InChI is InChI=1S/C11H10BrF3N2O/c12-6-1-2-8(13)7(3-6)11(10(14)15)5-18-4-9(16)17-11/h1-3,10H,4-5H2,(H2,16,17)/t11-/m1/s1. The molecule has 0 fully saturated rings.